The number of hydrogen-bond acceptors (Lipinski definition) is 3. The number of halogens is 1. The molecule has 1 aromatic rings. The predicted molar refractivity (Wildman–Crippen MR) is 66.0 cm³/mol. The minimum Gasteiger partial charge on any atom is -0.368 e. The van der Waals surface area contributed by atoms with Gasteiger partial charge in [0.05, 0.1) is 6.54 Å². The molecule has 0 heterocycles. The maximum absolute atomic E-state index is 13.1. The molecule has 0 atom stereocenters. The van der Waals surface area contributed by atoms with Gasteiger partial charge in [0.1, 0.15) is 5.82 Å². The summed E-state index contributed by atoms with van der Waals surface area (Å²) in [5.74, 6) is -0.761. The molecule has 0 fully saturated rings. The Labute approximate surface area is 100 Å². The van der Waals surface area contributed by atoms with Crippen LogP contribution in [0.4, 0.5) is 10.1 Å². The van der Waals surface area contributed by atoms with Gasteiger partial charge in [-0.25, -0.2) is 4.39 Å². The van der Waals surface area contributed by atoms with Crippen LogP contribution in [0.25, 0.3) is 0 Å². The number of anilines is 1. The van der Waals surface area contributed by atoms with Crippen LogP contribution in [0.3, 0.4) is 0 Å². The quantitative estimate of drug-likeness (QED) is 0.804. The molecule has 1 aromatic carbocycles. The Balaban J connectivity index is 3.13. The zero-order chi connectivity index (χ0) is 13.0. The van der Waals surface area contributed by atoms with Gasteiger partial charge in [0.15, 0.2) is 0 Å². The van der Waals surface area contributed by atoms with Crippen LogP contribution in [0.15, 0.2) is 18.2 Å². The molecule has 0 aliphatic rings. The topological polar surface area (TPSA) is 72.3 Å². The van der Waals surface area contributed by atoms with Crippen LogP contribution in [0.5, 0.6) is 0 Å². The molecule has 4 N–H and O–H groups in total. The summed E-state index contributed by atoms with van der Waals surface area (Å²) < 4.78 is 13.1. The number of benzene rings is 1. The Bertz CT molecular complexity index is 407. The molecule has 1 amide bonds. The molecule has 0 aliphatic carbocycles. The molecule has 0 bridgehead atoms. The molecule has 0 radical (unpaired) electrons. The number of amides is 1. The summed E-state index contributed by atoms with van der Waals surface area (Å²) >= 11 is 0. The van der Waals surface area contributed by atoms with Crippen molar-refractivity contribution in [1.82, 2.24) is 0 Å². The molecule has 94 valence electrons. The van der Waals surface area contributed by atoms with Gasteiger partial charge in [-0.1, -0.05) is 0 Å². The SMILES string of the molecule is CC(C)N(CC(N)=O)c1ccc(F)cc1CN. The Morgan fingerprint density at radius 3 is 2.59 bits per heavy atom. The highest BCUT2D eigenvalue weighted by molar-refractivity contribution is 5.80. The number of carbonyl (C=O) groups is 1. The Hall–Kier alpha value is -1.62. The highest BCUT2D eigenvalue weighted by Crippen LogP contribution is 2.23. The van der Waals surface area contributed by atoms with Gasteiger partial charge in [0, 0.05) is 18.3 Å². The van der Waals surface area contributed by atoms with Gasteiger partial charge in [0.2, 0.25) is 5.91 Å². The summed E-state index contributed by atoms with van der Waals surface area (Å²) in [4.78, 5) is 12.8. The largest absolute Gasteiger partial charge is 0.368 e. The first-order chi connectivity index (χ1) is 7.95. The zero-order valence-corrected chi connectivity index (χ0v) is 10.1. The van der Waals surface area contributed by atoms with Crippen molar-refractivity contribution in [2.24, 2.45) is 11.5 Å². The summed E-state index contributed by atoms with van der Waals surface area (Å²) in [6.45, 7) is 4.19. The van der Waals surface area contributed by atoms with Crippen LogP contribution in [-0.4, -0.2) is 18.5 Å². The number of carbonyl (C=O) groups excluding carboxylic acids is 1. The third-order valence-electron chi connectivity index (χ3n) is 2.52. The van der Waals surface area contributed by atoms with Crippen molar-refractivity contribution < 1.29 is 9.18 Å². The molecule has 0 aliphatic heterocycles. The van der Waals surface area contributed by atoms with Gasteiger partial charge < -0.3 is 16.4 Å². The molecule has 0 saturated heterocycles. The molecule has 0 saturated carbocycles. The Morgan fingerprint density at radius 2 is 2.12 bits per heavy atom. The maximum atomic E-state index is 13.1. The van der Waals surface area contributed by atoms with E-state index in [-0.39, 0.29) is 24.9 Å². The van der Waals surface area contributed by atoms with E-state index in [0.717, 1.165) is 5.69 Å². The van der Waals surface area contributed by atoms with E-state index in [0.29, 0.717) is 5.56 Å². The van der Waals surface area contributed by atoms with E-state index in [9.17, 15) is 9.18 Å². The van der Waals surface area contributed by atoms with Crippen molar-refractivity contribution in [3.8, 4) is 0 Å². The molecule has 0 spiro atoms. The lowest BCUT2D eigenvalue weighted by Crippen LogP contribution is -2.39. The average Bonchev–Trinajstić information content (AvgIpc) is 2.25. The summed E-state index contributed by atoms with van der Waals surface area (Å²) in [7, 11) is 0. The zero-order valence-electron chi connectivity index (χ0n) is 10.1. The highest BCUT2D eigenvalue weighted by atomic mass is 19.1. The van der Waals surface area contributed by atoms with Crippen LogP contribution in [0.2, 0.25) is 0 Å². The minimum atomic E-state index is -0.425. The second kappa shape index (κ2) is 5.63. The van der Waals surface area contributed by atoms with Gasteiger partial charge in [-0.3, -0.25) is 4.79 Å². The fourth-order valence-electron chi connectivity index (χ4n) is 1.71. The van der Waals surface area contributed by atoms with E-state index < -0.39 is 5.91 Å². The molecule has 1 rings (SSSR count). The number of rotatable bonds is 5. The van der Waals surface area contributed by atoms with Crippen molar-refractivity contribution in [2.45, 2.75) is 26.4 Å². The second-order valence-corrected chi connectivity index (χ2v) is 4.17. The summed E-state index contributed by atoms with van der Waals surface area (Å²) in [5.41, 5.74) is 12.2. The fraction of sp³-hybridized carbons (Fsp3) is 0.417. The molecular weight excluding hydrogens is 221 g/mol. The van der Waals surface area contributed by atoms with E-state index in [1.165, 1.54) is 12.1 Å². The van der Waals surface area contributed by atoms with Gasteiger partial charge in [0.25, 0.3) is 0 Å². The molecule has 0 unspecified atom stereocenters. The van der Waals surface area contributed by atoms with Crippen molar-refractivity contribution in [3.05, 3.63) is 29.6 Å². The third-order valence-corrected chi connectivity index (χ3v) is 2.52. The lowest BCUT2D eigenvalue weighted by Gasteiger charge is -2.29. The van der Waals surface area contributed by atoms with Crippen molar-refractivity contribution in [3.63, 3.8) is 0 Å². The van der Waals surface area contributed by atoms with Gasteiger partial charge in [-0.15, -0.1) is 0 Å². The fourth-order valence-corrected chi connectivity index (χ4v) is 1.71. The Morgan fingerprint density at radius 1 is 1.47 bits per heavy atom. The molecule has 4 nitrogen and oxygen atoms in total. The average molecular weight is 239 g/mol. The smallest absolute Gasteiger partial charge is 0.236 e. The lowest BCUT2D eigenvalue weighted by atomic mass is 10.1. The van der Waals surface area contributed by atoms with Crippen LogP contribution < -0.4 is 16.4 Å². The first-order valence-corrected chi connectivity index (χ1v) is 5.49. The monoisotopic (exact) mass is 239 g/mol. The lowest BCUT2D eigenvalue weighted by molar-refractivity contribution is -0.116. The molecular formula is C12H18FN3O. The number of primary amides is 1. The summed E-state index contributed by atoms with van der Waals surface area (Å²) in [6, 6.07) is 4.44. The van der Waals surface area contributed by atoms with Crippen LogP contribution in [-0.2, 0) is 11.3 Å². The maximum Gasteiger partial charge on any atom is 0.236 e. The van der Waals surface area contributed by atoms with Crippen LogP contribution in [0, 0.1) is 5.82 Å². The first kappa shape index (κ1) is 13.4. The second-order valence-electron chi connectivity index (χ2n) is 4.17. The molecule has 0 aromatic heterocycles. The van der Waals surface area contributed by atoms with Gasteiger partial charge in [-0.05, 0) is 37.6 Å². The number of nitrogens with zero attached hydrogens (tertiary/aromatic N) is 1. The number of hydrogen-bond donors (Lipinski definition) is 2. The van der Waals surface area contributed by atoms with E-state index in [2.05, 4.69) is 0 Å². The number of nitrogens with two attached hydrogens (primary N) is 2. The third kappa shape index (κ3) is 3.42. The van der Waals surface area contributed by atoms with Crippen LogP contribution in [0.1, 0.15) is 19.4 Å². The van der Waals surface area contributed by atoms with E-state index >= 15 is 0 Å². The minimum absolute atomic E-state index is 0.0817. The normalized spacial score (nSPS) is 10.6. The van der Waals surface area contributed by atoms with E-state index in [4.69, 9.17) is 11.5 Å². The first-order valence-electron chi connectivity index (χ1n) is 5.49. The van der Waals surface area contributed by atoms with Crippen molar-refractivity contribution in [1.29, 1.82) is 0 Å². The van der Waals surface area contributed by atoms with E-state index in [1.807, 2.05) is 18.7 Å². The predicted octanol–water partition coefficient (Wildman–Crippen LogP) is 0.985. The molecule has 5 heteroatoms. The van der Waals surface area contributed by atoms with Crippen LogP contribution >= 0.6 is 0 Å². The summed E-state index contributed by atoms with van der Waals surface area (Å²) in [6.07, 6.45) is 0. The van der Waals surface area contributed by atoms with Crippen molar-refractivity contribution in [2.75, 3.05) is 11.4 Å². The van der Waals surface area contributed by atoms with Gasteiger partial charge >= 0.3 is 0 Å². The molecule has 17 heavy (non-hydrogen) atoms. The highest BCUT2D eigenvalue weighted by Gasteiger charge is 2.16. The Kier molecular flexibility index (Phi) is 4.45. The van der Waals surface area contributed by atoms with Crippen molar-refractivity contribution >= 4 is 11.6 Å². The van der Waals surface area contributed by atoms with E-state index in [1.54, 1.807) is 6.07 Å². The standard InChI is InChI=1S/C12H18FN3O/c1-8(2)16(7-12(15)17)11-4-3-10(13)5-9(11)6-14/h3-5,8H,6-7,14H2,1-2H3,(H2,15,17). The van der Waals surface area contributed by atoms with Gasteiger partial charge in [-0.2, -0.15) is 0 Å². The summed E-state index contributed by atoms with van der Waals surface area (Å²) in [5, 5.41) is 0.